The third-order valence-electron chi connectivity index (χ3n) is 5.82. The summed E-state index contributed by atoms with van der Waals surface area (Å²) in [5, 5.41) is 3.96. The fourth-order valence-corrected chi connectivity index (χ4v) is 5.80. The van der Waals surface area contributed by atoms with E-state index in [1.54, 1.807) is 0 Å². The van der Waals surface area contributed by atoms with Gasteiger partial charge in [0.05, 0.1) is 11.2 Å². The minimum Gasteiger partial charge on any atom is -0.248 e. The first-order valence-electron chi connectivity index (χ1n) is 10.4. The Kier molecular flexibility index (Phi) is 4.40. The fourth-order valence-electron chi connectivity index (χ4n) is 4.32. The van der Waals surface area contributed by atoms with Crippen molar-refractivity contribution in [1.82, 2.24) is 4.98 Å². The van der Waals surface area contributed by atoms with Crippen molar-refractivity contribution in [2.45, 2.75) is 39.5 Å². The first kappa shape index (κ1) is 18.3. The van der Waals surface area contributed by atoms with Crippen LogP contribution >= 0.6 is 11.3 Å². The van der Waals surface area contributed by atoms with Crippen LogP contribution in [-0.2, 0) is 0 Å². The molecule has 0 fully saturated rings. The van der Waals surface area contributed by atoms with Gasteiger partial charge in [0.1, 0.15) is 0 Å². The highest BCUT2D eigenvalue weighted by Crippen LogP contribution is 2.43. The van der Waals surface area contributed by atoms with Crippen molar-refractivity contribution in [3.05, 3.63) is 77.9 Å². The van der Waals surface area contributed by atoms with Crippen molar-refractivity contribution in [1.29, 1.82) is 0 Å². The van der Waals surface area contributed by atoms with Crippen LogP contribution in [0.5, 0.6) is 0 Å². The van der Waals surface area contributed by atoms with E-state index in [2.05, 4.69) is 94.4 Å². The van der Waals surface area contributed by atoms with Crippen molar-refractivity contribution >= 4 is 42.4 Å². The zero-order valence-electron chi connectivity index (χ0n) is 17.4. The van der Waals surface area contributed by atoms with E-state index in [4.69, 9.17) is 4.98 Å². The molecule has 0 saturated carbocycles. The van der Waals surface area contributed by atoms with Crippen LogP contribution < -0.4 is 0 Å². The molecule has 5 aromatic rings. The Morgan fingerprint density at radius 3 is 2.07 bits per heavy atom. The van der Waals surface area contributed by atoms with E-state index in [0.29, 0.717) is 11.8 Å². The number of hydrogen-bond acceptors (Lipinski definition) is 2. The van der Waals surface area contributed by atoms with Gasteiger partial charge in [-0.1, -0.05) is 82.3 Å². The normalized spacial score (nSPS) is 12.1. The minimum absolute atomic E-state index is 0.454. The van der Waals surface area contributed by atoms with Crippen molar-refractivity contribution < 1.29 is 0 Å². The lowest BCUT2D eigenvalue weighted by Crippen LogP contribution is -1.94. The van der Waals surface area contributed by atoms with E-state index in [9.17, 15) is 0 Å². The van der Waals surface area contributed by atoms with Crippen LogP contribution in [0, 0.1) is 0 Å². The molecule has 1 nitrogen and oxygen atoms in total. The molecular weight excluding hydrogens is 370 g/mol. The highest BCUT2D eigenvalue weighted by molar-refractivity contribution is 7.26. The van der Waals surface area contributed by atoms with E-state index in [1.165, 1.54) is 42.2 Å². The molecule has 0 radical (unpaired) electrons. The Morgan fingerprint density at radius 2 is 1.31 bits per heavy atom. The summed E-state index contributed by atoms with van der Waals surface area (Å²) in [7, 11) is 0. The van der Waals surface area contributed by atoms with Gasteiger partial charge >= 0.3 is 0 Å². The maximum absolute atomic E-state index is 5.07. The SMILES string of the molecule is CC(C)c1cc(-c2cccc3c2sc2c(C(C)C)cccc23)nc2ccccc12. The largest absolute Gasteiger partial charge is 0.248 e. The van der Waals surface area contributed by atoms with Crippen molar-refractivity contribution in [3.8, 4) is 11.3 Å². The Morgan fingerprint density at radius 1 is 0.655 bits per heavy atom. The highest BCUT2D eigenvalue weighted by atomic mass is 32.1. The molecule has 0 spiro atoms. The van der Waals surface area contributed by atoms with Crippen molar-refractivity contribution in [2.24, 2.45) is 0 Å². The Labute approximate surface area is 176 Å². The molecule has 0 amide bonds. The van der Waals surface area contributed by atoms with Crippen LogP contribution in [0.25, 0.3) is 42.3 Å². The fraction of sp³-hybridized carbons (Fsp3) is 0.222. The first-order chi connectivity index (χ1) is 14.0. The second kappa shape index (κ2) is 6.96. The lowest BCUT2D eigenvalue weighted by Gasteiger charge is -2.13. The molecule has 29 heavy (non-hydrogen) atoms. The smallest absolute Gasteiger partial charge is 0.0727 e. The van der Waals surface area contributed by atoms with Gasteiger partial charge in [0.15, 0.2) is 0 Å². The summed E-state index contributed by atoms with van der Waals surface area (Å²) in [6.07, 6.45) is 0. The summed E-state index contributed by atoms with van der Waals surface area (Å²) >= 11 is 1.92. The lowest BCUT2D eigenvalue weighted by atomic mass is 9.95. The van der Waals surface area contributed by atoms with E-state index < -0.39 is 0 Å². The summed E-state index contributed by atoms with van der Waals surface area (Å²) in [5.74, 6) is 0.970. The van der Waals surface area contributed by atoms with Crippen LogP contribution in [0.1, 0.15) is 50.7 Å². The molecule has 0 saturated heterocycles. The monoisotopic (exact) mass is 395 g/mol. The summed E-state index contributed by atoms with van der Waals surface area (Å²) in [4.78, 5) is 5.07. The van der Waals surface area contributed by atoms with Crippen molar-refractivity contribution in [3.63, 3.8) is 0 Å². The van der Waals surface area contributed by atoms with Gasteiger partial charge in [-0.3, -0.25) is 0 Å². The predicted octanol–water partition coefficient (Wildman–Crippen LogP) is 8.52. The maximum atomic E-state index is 5.07. The lowest BCUT2D eigenvalue weighted by molar-refractivity contribution is 0.875. The van der Waals surface area contributed by atoms with E-state index >= 15 is 0 Å². The third-order valence-corrected chi connectivity index (χ3v) is 7.13. The van der Waals surface area contributed by atoms with E-state index in [-0.39, 0.29) is 0 Å². The van der Waals surface area contributed by atoms with Gasteiger partial charge < -0.3 is 0 Å². The number of thiophene rings is 1. The Balaban J connectivity index is 1.84. The van der Waals surface area contributed by atoms with Gasteiger partial charge in [-0.25, -0.2) is 4.98 Å². The molecule has 2 aromatic heterocycles. The van der Waals surface area contributed by atoms with Crippen molar-refractivity contribution in [2.75, 3.05) is 0 Å². The summed E-state index contributed by atoms with van der Waals surface area (Å²) in [5.41, 5.74) is 6.20. The van der Waals surface area contributed by atoms with E-state index in [1.807, 2.05) is 11.3 Å². The molecule has 0 N–H and O–H groups in total. The maximum Gasteiger partial charge on any atom is 0.0727 e. The van der Waals surface area contributed by atoms with Crippen LogP contribution in [0.4, 0.5) is 0 Å². The van der Waals surface area contributed by atoms with Gasteiger partial charge in [-0.05, 0) is 35.1 Å². The molecular formula is C27H25NS. The molecule has 2 heteroatoms. The zero-order chi connectivity index (χ0) is 20.1. The van der Waals surface area contributed by atoms with Crippen LogP contribution in [-0.4, -0.2) is 4.98 Å². The molecule has 0 aliphatic carbocycles. The standard InChI is InChI=1S/C27H25NS/c1-16(2)18-10-7-11-20-21-12-8-13-22(27(21)29-26(18)20)25-15-23(17(3)4)19-9-5-6-14-24(19)28-25/h5-17H,1-4H3. The van der Waals surface area contributed by atoms with Gasteiger partial charge in [0.25, 0.3) is 0 Å². The van der Waals surface area contributed by atoms with Crippen LogP contribution in [0.15, 0.2) is 66.7 Å². The highest BCUT2D eigenvalue weighted by Gasteiger charge is 2.16. The minimum atomic E-state index is 0.454. The summed E-state index contributed by atoms with van der Waals surface area (Å²) in [6.45, 7) is 9.08. The van der Waals surface area contributed by atoms with Crippen LogP contribution in [0.3, 0.4) is 0 Å². The third kappa shape index (κ3) is 2.94. The topological polar surface area (TPSA) is 12.9 Å². The summed E-state index contributed by atoms with van der Waals surface area (Å²) in [6, 6.07) is 24.2. The molecule has 3 aromatic carbocycles. The molecule has 0 atom stereocenters. The average Bonchev–Trinajstić information content (AvgIpc) is 3.11. The number of benzene rings is 3. The van der Waals surface area contributed by atoms with Crippen LogP contribution in [0.2, 0.25) is 0 Å². The van der Waals surface area contributed by atoms with Gasteiger partial charge in [-0.2, -0.15) is 0 Å². The molecule has 5 rings (SSSR count). The second-order valence-electron chi connectivity index (χ2n) is 8.43. The number of aromatic nitrogens is 1. The van der Waals surface area contributed by atoms with Gasteiger partial charge in [0, 0.05) is 31.1 Å². The quantitative estimate of drug-likeness (QED) is 0.298. The molecule has 2 heterocycles. The summed E-state index contributed by atoms with van der Waals surface area (Å²) < 4.78 is 2.75. The number of para-hydroxylation sites is 1. The predicted molar refractivity (Wildman–Crippen MR) is 128 cm³/mol. The molecule has 144 valence electrons. The first-order valence-corrected chi connectivity index (χ1v) is 11.2. The number of hydrogen-bond donors (Lipinski definition) is 0. The molecule has 0 aliphatic heterocycles. The number of fused-ring (bicyclic) bond motifs is 4. The van der Waals surface area contributed by atoms with Gasteiger partial charge in [0.2, 0.25) is 0 Å². The molecule has 0 bridgehead atoms. The Hall–Kier alpha value is -2.71. The average molecular weight is 396 g/mol. The Bertz CT molecular complexity index is 1360. The molecule has 0 aliphatic rings. The second-order valence-corrected chi connectivity index (χ2v) is 9.45. The zero-order valence-corrected chi connectivity index (χ0v) is 18.2. The number of pyridine rings is 1. The van der Waals surface area contributed by atoms with E-state index in [0.717, 1.165) is 11.2 Å². The molecule has 0 unspecified atom stereocenters. The number of nitrogens with zero attached hydrogens (tertiary/aromatic N) is 1. The number of rotatable bonds is 3. The van der Waals surface area contributed by atoms with Gasteiger partial charge in [-0.15, -0.1) is 11.3 Å².